The number of carbonyl (C=O) groups excluding carboxylic acids is 4. The Bertz CT molecular complexity index is 1940. The highest BCUT2D eigenvalue weighted by molar-refractivity contribution is 6.05. The zero-order chi connectivity index (χ0) is 39.6. The van der Waals surface area contributed by atoms with Gasteiger partial charge >= 0.3 is 11.9 Å². The summed E-state index contributed by atoms with van der Waals surface area (Å²) in [5.74, 6) is 0.820. The summed E-state index contributed by atoms with van der Waals surface area (Å²) in [7, 11) is 5.85. The molecule has 0 fully saturated rings. The van der Waals surface area contributed by atoms with Crippen LogP contribution in [0.15, 0.2) is 97.1 Å². The van der Waals surface area contributed by atoms with Crippen molar-refractivity contribution in [1.82, 2.24) is 0 Å². The summed E-state index contributed by atoms with van der Waals surface area (Å²) in [6.45, 7) is 2.61. The highest BCUT2D eigenvalue weighted by Crippen LogP contribution is 2.31. The zero-order valence-corrected chi connectivity index (χ0v) is 30.5. The van der Waals surface area contributed by atoms with E-state index in [1.165, 1.54) is 78.7 Å². The van der Waals surface area contributed by atoms with Crippen LogP contribution in [0.1, 0.15) is 36.1 Å². The van der Waals surface area contributed by atoms with Gasteiger partial charge in [-0.05, 0) is 95.1 Å². The molecule has 0 unspecified atom stereocenters. The fourth-order valence-corrected chi connectivity index (χ4v) is 4.47. The molecule has 0 bridgehead atoms. The average molecular weight is 737 g/mol. The number of allylic oxidation sites excluding steroid dienone is 4. The van der Waals surface area contributed by atoms with Gasteiger partial charge in [0.15, 0.2) is 57.6 Å². The van der Waals surface area contributed by atoms with Crippen LogP contribution in [0.2, 0.25) is 0 Å². The summed E-state index contributed by atoms with van der Waals surface area (Å²) >= 11 is 0. The van der Waals surface area contributed by atoms with Gasteiger partial charge in [-0.25, -0.2) is 0 Å². The van der Waals surface area contributed by atoms with E-state index in [9.17, 15) is 29.4 Å². The molecule has 0 amide bonds. The predicted molar refractivity (Wildman–Crippen MR) is 204 cm³/mol. The lowest BCUT2D eigenvalue weighted by atomic mass is 10.1. The molecular formula is C42H40O12. The summed E-state index contributed by atoms with van der Waals surface area (Å²) in [5.41, 5.74) is 2.88. The molecule has 12 heteroatoms. The molecule has 0 saturated carbocycles. The average Bonchev–Trinajstić information content (AvgIpc) is 3.16. The molecule has 4 aromatic rings. The monoisotopic (exact) mass is 736 g/mol. The third-order valence-corrected chi connectivity index (χ3v) is 7.05. The molecule has 0 aromatic heterocycles. The highest BCUT2D eigenvalue weighted by Gasteiger charge is 2.09. The van der Waals surface area contributed by atoms with Crippen molar-refractivity contribution < 1.29 is 57.8 Å². The van der Waals surface area contributed by atoms with Crippen LogP contribution in [-0.2, 0) is 19.2 Å². The van der Waals surface area contributed by atoms with Gasteiger partial charge in [0.25, 0.3) is 0 Å². The van der Waals surface area contributed by atoms with Gasteiger partial charge in [0, 0.05) is 13.8 Å². The predicted octanol–water partition coefficient (Wildman–Crippen LogP) is 7.26. The molecule has 0 heterocycles. The SMILES string of the molecule is COc1cc(/C=C/C(=O)/C=C/c2ccc(O)c(OC)c2)ccc1O.COc1cc(/C=C/C(=O)/C=C/c2ccc(OC(C)=O)c(OC)c2)ccc1OC(C)=O. The molecule has 2 N–H and O–H groups in total. The van der Waals surface area contributed by atoms with Gasteiger partial charge in [-0.2, -0.15) is 0 Å². The maximum atomic E-state index is 12.1. The fourth-order valence-electron chi connectivity index (χ4n) is 4.47. The topological polar surface area (TPSA) is 164 Å². The van der Waals surface area contributed by atoms with Crippen molar-refractivity contribution >= 4 is 47.8 Å². The number of aromatic hydroxyl groups is 2. The molecule has 0 atom stereocenters. The second-order valence-corrected chi connectivity index (χ2v) is 11.0. The van der Waals surface area contributed by atoms with Crippen molar-refractivity contribution in [3.05, 3.63) is 119 Å². The number of benzene rings is 4. The summed E-state index contributed by atoms with van der Waals surface area (Å²) in [4.78, 5) is 46.3. The number of carbonyl (C=O) groups is 4. The largest absolute Gasteiger partial charge is 0.504 e. The van der Waals surface area contributed by atoms with E-state index in [0.29, 0.717) is 45.6 Å². The first kappa shape index (κ1) is 41.3. The molecule has 0 spiro atoms. The molecule has 0 saturated heterocycles. The fraction of sp³-hybridized carbons (Fsp3) is 0.143. The summed E-state index contributed by atoms with van der Waals surface area (Å²) in [6.07, 6.45) is 12.1. The van der Waals surface area contributed by atoms with Gasteiger partial charge in [-0.3, -0.25) is 19.2 Å². The Labute approximate surface area is 312 Å². The van der Waals surface area contributed by atoms with E-state index in [1.54, 1.807) is 85.0 Å². The number of hydrogen-bond donors (Lipinski definition) is 2. The molecule has 54 heavy (non-hydrogen) atoms. The van der Waals surface area contributed by atoms with Crippen molar-refractivity contribution in [2.45, 2.75) is 13.8 Å². The summed E-state index contributed by atoms with van der Waals surface area (Å²) in [6, 6.07) is 19.5. The van der Waals surface area contributed by atoms with E-state index < -0.39 is 11.9 Å². The third kappa shape index (κ3) is 13.2. The number of ketones is 2. The first-order valence-electron chi connectivity index (χ1n) is 16.1. The lowest BCUT2D eigenvalue weighted by Gasteiger charge is -2.08. The van der Waals surface area contributed by atoms with E-state index in [2.05, 4.69) is 0 Å². The minimum atomic E-state index is -0.450. The minimum Gasteiger partial charge on any atom is -0.504 e. The van der Waals surface area contributed by atoms with Gasteiger partial charge in [-0.15, -0.1) is 0 Å². The number of methoxy groups -OCH3 is 4. The molecule has 4 rings (SSSR count). The minimum absolute atomic E-state index is 0.0437. The van der Waals surface area contributed by atoms with E-state index in [1.807, 2.05) is 0 Å². The summed E-state index contributed by atoms with van der Waals surface area (Å²) < 4.78 is 30.5. The number of esters is 2. The maximum absolute atomic E-state index is 12.1. The van der Waals surface area contributed by atoms with Crippen LogP contribution in [-0.4, -0.2) is 62.2 Å². The molecular weight excluding hydrogens is 696 g/mol. The van der Waals surface area contributed by atoms with Crippen molar-refractivity contribution in [1.29, 1.82) is 0 Å². The van der Waals surface area contributed by atoms with Gasteiger partial charge in [0.2, 0.25) is 0 Å². The molecule has 12 nitrogen and oxygen atoms in total. The van der Waals surface area contributed by atoms with Gasteiger partial charge < -0.3 is 38.6 Å². The third-order valence-electron chi connectivity index (χ3n) is 7.05. The van der Waals surface area contributed by atoms with Crippen LogP contribution in [0, 0.1) is 0 Å². The smallest absolute Gasteiger partial charge is 0.308 e. The molecule has 0 aliphatic carbocycles. The maximum Gasteiger partial charge on any atom is 0.308 e. The van der Waals surface area contributed by atoms with Crippen LogP contribution in [0.25, 0.3) is 24.3 Å². The number of rotatable bonds is 14. The molecule has 0 aliphatic heterocycles. The quantitative estimate of drug-likeness (QED) is 0.0758. The normalized spacial score (nSPS) is 10.9. The Morgan fingerprint density at radius 3 is 0.981 bits per heavy atom. The Morgan fingerprint density at radius 1 is 0.426 bits per heavy atom. The molecule has 0 aliphatic rings. The number of ether oxygens (including phenoxy) is 6. The Kier molecular flexibility index (Phi) is 15.8. The second kappa shape index (κ2) is 20.7. The van der Waals surface area contributed by atoms with Gasteiger partial charge in [0.05, 0.1) is 28.4 Å². The van der Waals surface area contributed by atoms with E-state index >= 15 is 0 Å². The molecule has 0 radical (unpaired) electrons. The van der Waals surface area contributed by atoms with E-state index in [-0.39, 0.29) is 23.1 Å². The number of phenolic OH excluding ortho intramolecular Hbond substituents is 2. The highest BCUT2D eigenvalue weighted by atomic mass is 16.6. The van der Waals surface area contributed by atoms with Crippen LogP contribution in [0.5, 0.6) is 46.0 Å². The summed E-state index contributed by atoms with van der Waals surface area (Å²) in [5, 5.41) is 19.1. The first-order chi connectivity index (χ1) is 25.8. The van der Waals surface area contributed by atoms with E-state index in [4.69, 9.17) is 28.4 Å². The first-order valence-corrected chi connectivity index (χ1v) is 16.1. The van der Waals surface area contributed by atoms with Crippen molar-refractivity contribution in [2.24, 2.45) is 0 Å². The van der Waals surface area contributed by atoms with Crippen LogP contribution in [0.3, 0.4) is 0 Å². The van der Waals surface area contributed by atoms with Crippen molar-refractivity contribution in [2.75, 3.05) is 28.4 Å². The second-order valence-electron chi connectivity index (χ2n) is 11.0. The van der Waals surface area contributed by atoms with Crippen LogP contribution < -0.4 is 28.4 Å². The van der Waals surface area contributed by atoms with Gasteiger partial charge in [0.1, 0.15) is 0 Å². The lowest BCUT2D eigenvalue weighted by Crippen LogP contribution is -2.03. The molecule has 280 valence electrons. The zero-order valence-electron chi connectivity index (χ0n) is 30.5. The lowest BCUT2D eigenvalue weighted by molar-refractivity contribution is -0.132. The Balaban J connectivity index is 0.000000297. The van der Waals surface area contributed by atoms with Crippen LogP contribution >= 0.6 is 0 Å². The van der Waals surface area contributed by atoms with Gasteiger partial charge in [-0.1, -0.05) is 48.6 Å². The van der Waals surface area contributed by atoms with E-state index in [0.717, 1.165) is 11.1 Å². The Morgan fingerprint density at radius 2 is 0.704 bits per heavy atom. The number of hydrogen-bond acceptors (Lipinski definition) is 12. The van der Waals surface area contributed by atoms with Crippen LogP contribution in [0.4, 0.5) is 0 Å². The van der Waals surface area contributed by atoms with Crippen molar-refractivity contribution in [3.8, 4) is 46.0 Å². The number of phenols is 2. The standard InChI is InChI=1S/C23H22O7.C19H18O5/c1-15(24)29-20-11-7-17(13-22(20)27-3)5-9-19(26)10-6-18-8-12-21(30-16(2)25)23(14-18)28-4;1-23-18-11-13(5-9-16(18)21)3-7-15(20)8-4-14-6-10-17(22)19(12-14)24-2/h5-14H,1-4H3;3-12,21-22H,1-2H3/b9-5+,10-6+;7-3+,8-4+. The molecule has 4 aromatic carbocycles. The Hall–Kier alpha value is -7.08. The van der Waals surface area contributed by atoms with Crippen molar-refractivity contribution in [3.63, 3.8) is 0 Å².